The van der Waals surface area contributed by atoms with Crippen molar-refractivity contribution in [3.8, 4) is 0 Å². The van der Waals surface area contributed by atoms with Crippen LogP contribution in [0.25, 0.3) is 0 Å². The number of methoxy groups -OCH3 is 2. The second-order valence-corrected chi connectivity index (χ2v) is 9.50. The zero-order valence-electron chi connectivity index (χ0n) is 13.9. The van der Waals surface area contributed by atoms with Crippen molar-refractivity contribution >= 4 is 46.4 Å². The Balaban J connectivity index is 1.83. The highest BCUT2D eigenvalue weighted by atomic mass is 35.5. The van der Waals surface area contributed by atoms with E-state index in [4.69, 9.17) is 55.9 Å². The number of rotatable bonds is 2. The van der Waals surface area contributed by atoms with Gasteiger partial charge in [0.25, 0.3) is 0 Å². The highest BCUT2D eigenvalue weighted by Gasteiger charge is 2.87. The van der Waals surface area contributed by atoms with Gasteiger partial charge in [-0.15, -0.1) is 23.2 Å². The van der Waals surface area contributed by atoms with E-state index in [0.717, 1.165) is 12.8 Å². The number of halogens is 4. The highest BCUT2D eigenvalue weighted by Crippen LogP contribution is 2.80. The van der Waals surface area contributed by atoms with E-state index in [-0.39, 0.29) is 23.7 Å². The molecule has 25 heavy (non-hydrogen) atoms. The second-order valence-electron chi connectivity index (χ2n) is 7.55. The number of benzene rings is 1. The van der Waals surface area contributed by atoms with Crippen LogP contribution >= 0.6 is 46.4 Å². The summed E-state index contributed by atoms with van der Waals surface area (Å²) in [5, 5.41) is 0.752. The summed E-state index contributed by atoms with van der Waals surface area (Å²) >= 11 is 27.9. The molecule has 6 rings (SSSR count). The van der Waals surface area contributed by atoms with E-state index < -0.39 is 15.5 Å². The molecule has 0 saturated heterocycles. The molecule has 0 aliphatic heterocycles. The Morgan fingerprint density at radius 1 is 0.840 bits per heavy atom. The summed E-state index contributed by atoms with van der Waals surface area (Å²) in [6, 6.07) is 8.58. The van der Waals surface area contributed by atoms with Gasteiger partial charge < -0.3 is 9.47 Å². The van der Waals surface area contributed by atoms with Crippen LogP contribution in [0, 0.1) is 11.8 Å². The molecule has 1 aromatic rings. The average molecular weight is 420 g/mol. The first-order chi connectivity index (χ1) is 11.9. The SMILES string of the molecule is COC1(OC)C2(Cl)C(Cl)=C(Cl)C1(Cl)C1C3CCC(c4ccccc43)C12. The van der Waals surface area contributed by atoms with Gasteiger partial charge in [0.05, 0.1) is 10.1 Å². The number of fused-ring (bicyclic) bond motifs is 3. The zero-order chi connectivity index (χ0) is 17.8. The van der Waals surface area contributed by atoms with E-state index in [0.29, 0.717) is 10.1 Å². The lowest BCUT2D eigenvalue weighted by Crippen LogP contribution is -2.57. The molecule has 0 amide bonds. The Morgan fingerprint density at radius 3 is 1.60 bits per heavy atom. The lowest BCUT2D eigenvalue weighted by molar-refractivity contribution is -0.220. The minimum Gasteiger partial charge on any atom is -0.350 e. The van der Waals surface area contributed by atoms with Crippen molar-refractivity contribution in [2.45, 2.75) is 40.2 Å². The largest absolute Gasteiger partial charge is 0.350 e. The van der Waals surface area contributed by atoms with Crippen molar-refractivity contribution in [2.24, 2.45) is 11.8 Å². The summed E-state index contributed by atoms with van der Waals surface area (Å²) in [7, 11) is 3.15. The first kappa shape index (κ1) is 17.2. The van der Waals surface area contributed by atoms with Crippen LogP contribution in [-0.2, 0) is 9.47 Å². The Morgan fingerprint density at radius 2 is 1.24 bits per heavy atom. The van der Waals surface area contributed by atoms with Gasteiger partial charge in [0.2, 0.25) is 5.79 Å². The molecule has 2 saturated carbocycles. The molecule has 2 fully saturated rings. The van der Waals surface area contributed by atoms with Crippen LogP contribution in [-0.4, -0.2) is 29.8 Å². The molecule has 0 aromatic heterocycles. The molecule has 5 aliphatic rings. The summed E-state index contributed by atoms with van der Waals surface area (Å²) in [6.07, 6.45) is 2.13. The van der Waals surface area contributed by atoms with Crippen LogP contribution in [0.2, 0.25) is 0 Å². The highest BCUT2D eigenvalue weighted by molar-refractivity contribution is 6.52. The second kappa shape index (κ2) is 5.10. The first-order valence-electron chi connectivity index (χ1n) is 8.53. The third-order valence-electron chi connectivity index (χ3n) is 7.12. The van der Waals surface area contributed by atoms with E-state index in [1.165, 1.54) is 11.1 Å². The van der Waals surface area contributed by atoms with Crippen molar-refractivity contribution in [1.29, 1.82) is 0 Å². The molecular formula is C19H18Cl4O2. The molecule has 5 aliphatic carbocycles. The van der Waals surface area contributed by atoms with E-state index >= 15 is 0 Å². The third-order valence-corrected chi connectivity index (χ3v) is 9.76. The monoisotopic (exact) mass is 418 g/mol. The normalized spacial score (nSPS) is 45.7. The number of hydrogen-bond donors (Lipinski definition) is 0. The maximum atomic E-state index is 7.28. The van der Waals surface area contributed by atoms with E-state index in [9.17, 15) is 0 Å². The topological polar surface area (TPSA) is 18.5 Å². The van der Waals surface area contributed by atoms with Crippen LogP contribution in [0.5, 0.6) is 0 Å². The van der Waals surface area contributed by atoms with Gasteiger partial charge in [0, 0.05) is 26.1 Å². The minimum absolute atomic E-state index is 0.0233. The van der Waals surface area contributed by atoms with Gasteiger partial charge >= 0.3 is 0 Å². The van der Waals surface area contributed by atoms with Gasteiger partial charge in [-0.05, 0) is 35.8 Å². The molecule has 0 radical (unpaired) electrons. The van der Waals surface area contributed by atoms with Gasteiger partial charge in [-0.25, -0.2) is 0 Å². The number of hydrogen-bond acceptors (Lipinski definition) is 2. The molecular weight excluding hydrogens is 402 g/mol. The summed E-state index contributed by atoms with van der Waals surface area (Å²) < 4.78 is 11.8. The molecule has 0 spiro atoms. The Hall–Kier alpha value is 0.0400. The van der Waals surface area contributed by atoms with Crippen molar-refractivity contribution < 1.29 is 9.47 Å². The molecule has 6 unspecified atom stereocenters. The molecule has 134 valence electrons. The lowest BCUT2D eigenvalue weighted by atomic mass is 9.53. The summed E-state index contributed by atoms with van der Waals surface area (Å²) in [6.45, 7) is 0. The minimum atomic E-state index is -1.28. The molecule has 6 heteroatoms. The lowest BCUT2D eigenvalue weighted by Gasteiger charge is -2.53. The summed E-state index contributed by atoms with van der Waals surface area (Å²) in [5.74, 6) is -0.694. The van der Waals surface area contributed by atoms with Crippen molar-refractivity contribution in [3.63, 3.8) is 0 Å². The molecule has 0 N–H and O–H groups in total. The maximum absolute atomic E-state index is 7.28. The fraction of sp³-hybridized carbons (Fsp3) is 0.579. The summed E-state index contributed by atoms with van der Waals surface area (Å²) in [5.41, 5.74) is 2.71. The van der Waals surface area contributed by atoms with Crippen LogP contribution in [0.15, 0.2) is 34.3 Å². The Labute approximate surface area is 167 Å². The predicted octanol–water partition coefficient (Wildman–Crippen LogP) is 5.55. The van der Waals surface area contributed by atoms with Gasteiger partial charge in [0.1, 0.15) is 9.75 Å². The Bertz CT molecular complexity index is 743. The predicted molar refractivity (Wildman–Crippen MR) is 101 cm³/mol. The van der Waals surface area contributed by atoms with Crippen LogP contribution in [0.3, 0.4) is 0 Å². The van der Waals surface area contributed by atoms with Crippen LogP contribution in [0.4, 0.5) is 0 Å². The zero-order valence-corrected chi connectivity index (χ0v) is 16.9. The molecule has 0 heterocycles. The standard InChI is InChI=1S/C19H18Cl4O2/c1-24-19(25-2)17(22)13-11-7-8-12(10-6-4-3-5-9(10)11)14(13)18(19,23)16(21)15(17)20/h3-6,11-14H,7-8H2,1-2H3. The Kier molecular flexibility index (Phi) is 3.50. The van der Waals surface area contributed by atoms with Crippen molar-refractivity contribution in [1.82, 2.24) is 0 Å². The van der Waals surface area contributed by atoms with E-state index in [1.54, 1.807) is 14.2 Å². The summed E-state index contributed by atoms with van der Waals surface area (Å²) in [4.78, 5) is -2.17. The van der Waals surface area contributed by atoms with Gasteiger partial charge in [0.15, 0.2) is 0 Å². The molecule has 4 bridgehead atoms. The quantitative estimate of drug-likeness (QED) is 0.461. The van der Waals surface area contributed by atoms with Crippen molar-refractivity contribution in [3.05, 3.63) is 45.5 Å². The molecule has 1 aromatic carbocycles. The van der Waals surface area contributed by atoms with E-state index in [2.05, 4.69) is 24.3 Å². The van der Waals surface area contributed by atoms with Crippen LogP contribution in [0.1, 0.15) is 35.8 Å². The van der Waals surface area contributed by atoms with Gasteiger partial charge in [-0.3, -0.25) is 0 Å². The first-order valence-corrected chi connectivity index (χ1v) is 10.0. The number of alkyl halides is 2. The van der Waals surface area contributed by atoms with Gasteiger partial charge in [-0.2, -0.15) is 0 Å². The maximum Gasteiger partial charge on any atom is 0.217 e. The fourth-order valence-corrected chi connectivity index (χ4v) is 8.75. The van der Waals surface area contributed by atoms with Crippen molar-refractivity contribution in [2.75, 3.05) is 14.2 Å². The fourth-order valence-electron chi connectivity index (χ4n) is 6.43. The average Bonchev–Trinajstić information content (AvgIpc) is 2.92. The van der Waals surface area contributed by atoms with Crippen LogP contribution < -0.4 is 0 Å². The molecule has 2 nitrogen and oxygen atoms in total. The third kappa shape index (κ3) is 1.51. The smallest absolute Gasteiger partial charge is 0.217 e. The van der Waals surface area contributed by atoms with Gasteiger partial charge in [-0.1, -0.05) is 47.5 Å². The molecule has 6 atom stereocenters. The number of ether oxygens (including phenoxy) is 2. The van der Waals surface area contributed by atoms with E-state index in [1.807, 2.05) is 0 Å².